The maximum atomic E-state index is 13.8. The largest absolute Gasteiger partial charge is 0.393 e. The van der Waals surface area contributed by atoms with Gasteiger partial charge in [0.15, 0.2) is 5.69 Å². The Bertz CT molecular complexity index is 756. The molecule has 1 saturated heterocycles. The summed E-state index contributed by atoms with van der Waals surface area (Å²) in [5.41, 5.74) is 2.05. The number of aliphatic hydroxyl groups is 1. The van der Waals surface area contributed by atoms with Gasteiger partial charge in [-0.2, -0.15) is 0 Å². The first-order valence-corrected chi connectivity index (χ1v) is 8.28. The summed E-state index contributed by atoms with van der Waals surface area (Å²) < 4.78 is 18.4. The molecule has 1 atom stereocenters. The third kappa shape index (κ3) is 3.79. The molecule has 0 spiro atoms. The normalized spacial score (nSPS) is 16.7. The predicted octanol–water partition coefficient (Wildman–Crippen LogP) is 1.97. The van der Waals surface area contributed by atoms with E-state index in [0.717, 1.165) is 5.69 Å². The van der Waals surface area contributed by atoms with Crippen LogP contribution in [0, 0.1) is 12.7 Å². The van der Waals surface area contributed by atoms with Crippen LogP contribution in [0.4, 0.5) is 10.1 Å². The number of rotatable bonds is 4. The highest BCUT2D eigenvalue weighted by Gasteiger charge is 2.24. The molecule has 1 amide bonds. The van der Waals surface area contributed by atoms with Crippen LogP contribution in [0.3, 0.4) is 0 Å². The van der Waals surface area contributed by atoms with E-state index in [2.05, 4.69) is 25.2 Å². The molecule has 8 heteroatoms. The van der Waals surface area contributed by atoms with Crippen molar-refractivity contribution in [2.75, 3.05) is 18.0 Å². The zero-order valence-electron chi connectivity index (χ0n) is 14.2. The number of anilines is 1. The number of carbonyl (C=O) groups is 1. The van der Waals surface area contributed by atoms with Crippen molar-refractivity contribution in [2.45, 2.75) is 38.8 Å². The maximum absolute atomic E-state index is 13.8. The van der Waals surface area contributed by atoms with Crippen molar-refractivity contribution < 1.29 is 18.9 Å². The molecule has 2 aromatic rings. The molecule has 1 aromatic heterocycles. The van der Waals surface area contributed by atoms with Crippen molar-refractivity contribution in [3.63, 3.8) is 0 Å². The molecule has 7 nitrogen and oxygen atoms in total. The van der Waals surface area contributed by atoms with E-state index in [-0.39, 0.29) is 17.6 Å². The number of nitrogens with one attached hydrogen (secondary N) is 1. The molecule has 0 aliphatic carbocycles. The summed E-state index contributed by atoms with van der Waals surface area (Å²) in [5.74, 6) is -0.785. The van der Waals surface area contributed by atoms with Gasteiger partial charge >= 0.3 is 0 Å². The van der Waals surface area contributed by atoms with Gasteiger partial charge in [-0.1, -0.05) is 5.16 Å². The number of hydrogen-bond donors (Lipinski definition) is 2. The van der Waals surface area contributed by atoms with Crippen LogP contribution in [0.2, 0.25) is 0 Å². The van der Waals surface area contributed by atoms with Crippen LogP contribution in [0.1, 0.15) is 47.6 Å². The Balaban J connectivity index is 1.81. The molecule has 0 saturated carbocycles. The Morgan fingerprint density at radius 2 is 2.12 bits per heavy atom. The van der Waals surface area contributed by atoms with Gasteiger partial charge in [-0.05, 0) is 50.0 Å². The molecule has 3 rings (SSSR count). The lowest BCUT2D eigenvalue weighted by Crippen LogP contribution is -2.37. The van der Waals surface area contributed by atoms with Gasteiger partial charge in [0.1, 0.15) is 11.5 Å². The number of piperidine rings is 1. The van der Waals surface area contributed by atoms with Gasteiger partial charge in [-0.3, -0.25) is 4.79 Å². The zero-order chi connectivity index (χ0) is 18.0. The fourth-order valence-electron chi connectivity index (χ4n) is 3.05. The first kappa shape index (κ1) is 17.3. The molecule has 1 unspecified atom stereocenters. The fourth-order valence-corrected chi connectivity index (χ4v) is 3.05. The number of aryl methyl sites for hydroxylation is 1. The average molecular weight is 348 g/mol. The second-order valence-corrected chi connectivity index (χ2v) is 6.31. The molecule has 2 N–H and O–H groups in total. The highest BCUT2D eigenvalue weighted by molar-refractivity contribution is 5.93. The van der Waals surface area contributed by atoms with Crippen molar-refractivity contribution in [1.82, 2.24) is 15.6 Å². The lowest BCUT2D eigenvalue weighted by atomic mass is 10.0. The quantitative estimate of drug-likeness (QED) is 0.878. The van der Waals surface area contributed by atoms with E-state index in [4.69, 9.17) is 0 Å². The minimum absolute atomic E-state index is 0.117. The van der Waals surface area contributed by atoms with Crippen molar-refractivity contribution in [3.8, 4) is 0 Å². The molecule has 0 radical (unpaired) electrons. The second kappa shape index (κ2) is 7.18. The Hall–Kier alpha value is -2.48. The van der Waals surface area contributed by atoms with Crippen LogP contribution in [-0.2, 0) is 0 Å². The summed E-state index contributed by atoms with van der Waals surface area (Å²) in [5, 5.41) is 19.7. The molecule has 25 heavy (non-hydrogen) atoms. The average Bonchev–Trinajstić information content (AvgIpc) is 3.02. The molecule has 1 aliphatic rings. The lowest BCUT2D eigenvalue weighted by molar-refractivity contribution is 0.0929. The summed E-state index contributed by atoms with van der Waals surface area (Å²) in [6, 6.07) is 4.12. The summed E-state index contributed by atoms with van der Waals surface area (Å²) in [6.07, 6.45) is 1.04. The van der Waals surface area contributed by atoms with Gasteiger partial charge in [-0.15, -0.1) is 0 Å². The first-order chi connectivity index (χ1) is 12.0. The van der Waals surface area contributed by atoms with E-state index in [1.165, 1.54) is 12.1 Å². The van der Waals surface area contributed by atoms with E-state index in [1.807, 2.05) is 0 Å². The van der Waals surface area contributed by atoms with Gasteiger partial charge in [0.2, 0.25) is 0 Å². The molecule has 1 fully saturated rings. The SMILES string of the molecule is Cc1nonc1C(=O)NC(C)c1cc(F)ccc1N1CCC(O)CC1. The zero-order valence-corrected chi connectivity index (χ0v) is 14.2. The highest BCUT2D eigenvalue weighted by Crippen LogP contribution is 2.30. The number of nitrogens with zero attached hydrogens (tertiary/aromatic N) is 3. The van der Waals surface area contributed by atoms with Crippen molar-refractivity contribution in [1.29, 1.82) is 0 Å². The molecular weight excluding hydrogens is 327 g/mol. The monoisotopic (exact) mass is 348 g/mol. The van der Waals surface area contributed by atoms with Crippen molar-refractivity contribution in [3.05, 3.63) is 41.0 Å². The van der Waals surface area contributed by atoms with Gasteiger partial charge in [0.05, 0.1) is 12.1 Å². The number of hydrogen-bond acceptors (Lipinski definition) is 6. The van der Waals surface area contributed by atoms with Crippen LogP contribution < -0.4 is 10.2 Å². The minimum atomic E-state index is -0.429. The molecule has 134 valence electrons. The van der Waals surface area contributed by atoms with E-state index in [9.17, 15) is 14.3 Å². The lowest BCUT2D eigenvalue weighted by Gasteiger charge is -2.34. The van der Waals surface area contributed by atoms with Gasteiger partial charge in [-0.25, -0.2) is 9.02 Å². The molecule has 0 bridgehead atoms. The number of carbonyl (C=O) groups excluding carboxylic acids is 1. The standard InChI is InChI=1S/C17H21FN4O3/c1-10(19-17(24)16-11(2)20-25-21-16)14-9-12(18)3-4-15(14)22-7-5-13(23)6-8-22/h3-4,9-10,13,23H,5-8H2,1-2H3,(H,19,24). The number of halogens is 1. The minimum Gasteiger partial charge on any atom is -0.393 e. The van der Waals surface area contributed by atoms with Gasteiger partial charge in [0, 0.05) is 24.3 Å². The Morgan fingerprint density at radius 1 is 1.40 bits per heavy atom. The topological polar surface area (TPSA) is 91.5 Å². The third-order valence-electron chi connectivity index (χ3n) is 4.48. The van der Waals surface area contributed by atoms with E-state index in [0.29, 0.717) is 37.2 Å². The predicted molar refractivity (Wildman–Crippen MR) is 88.8 cm³/mol. The fraction of sp³-hybridized carbons (Fsp3) is 0.471. The highest BCUT2D eigenvalue weighted by atomic mass is 19.1. The summed E-state index contributed by atoms with van der Waals surface area (Å²) in [4.78, 5) is 14.4. The summed E-state index contributed by atoms with van der Waals surface area (Å²) in [7, 11) is 0. The van der Waals surface area contributed by atoms with Crippen LogP contribution in [0.25, 0.3) is 0 Å². The summed E-state index contributed by atoms with van der Waals surface area (Å²) in [6.45, 7) is 4.79. The smallest absolute Gasteiger partial charge is 0.275 e. The van der Waals surface area contributed by atoms with Crippen LogP contribution in [0.5, 0.6) is 0 Å². The van der Waals surface area contributed by atoms with Crippen molar-refractivity contribution >= 4 is 11.6 Å². The molecule has 2 heterocycles. The van der Waals surface area contributed by atoms with E-state index < -0.39 is 11.9 Å². The molecule has 1 aliphatic heterocycles. The Kier molecular flexibility index (Phi) is 4.98. The second-order valence-electron chi connectivity index (χ2n) is 6.31. The Morgan fingerprint density at radius 3 is 2.76 bits per heavy atom. The summed E-state index contributed by atoms with van der Waals surface area (Å²) >= 11 is 0. The Labute approximate surface area is 144 Å². The maximum Gasteiger partial charge on any atom is 0.275 e. The van der Waals surface area contributed by atoms with Gasteiger partial charge < -0.3 is 15.3 Å². The van der Waals surface area contributed by atoms with Crippen LogP contribution >= 0.6 is 0 Å². The third-order valence-corrected chi connectivity index (χ3v) is 4.48. The molecule has 1 aromatic carbocycles. The van der Waals surface area contributed by atoms with E-state index in [1.54, 1.807) is 19.9 Å². The van der Waals surface area contributed by atoms with Crippen LogP contribution in [-0.4, -0.2) is 40.5 Å². The number of aromatic nitrogens is 2. The van der Waals surface area contributed by atoms with Crippen LogP contribution in [0.15, 0.2) is 22.8 Å². The van der Waals surface area contributed by atoms with Gasteiger partial charge in [0.25, 0.3) is 5.91 Å². The van der Waals surface area contributed by atoms with E-state index >= 15 is 0 Å². The number of aliphatic hydroxyl groups excluding tert-OH is 1. The number of benzene rings is 1. The molecular formula is C17H21FN4O3. The first-order valence-electron chi connectivity index (χ1n) is 8.28. The van der Waals surface area contributed by atoms with Crippen molar-refractivity contribution in [2.24, 2.45) is 0 Å². The number of amides is 1.